The maximum atomic E-state index is 9.86. The van der Waals surface area contributed by atoms with Crippen LogP contribution in [0.1, 0.15) is 20.8 Å². The molecule has 5 atom stereocenters. The predicted octanol–water partition coefficient (Wildman–Crippen LogP) is 0.575. The van der Waals surface area contributed by atoms with E-state index in [0.717, 1.165) is 0 Å². The zero-order valence-corrected chi connectivity index (χ0v) is 9.27. The summed E-state index contributed by atoms with van der Waals surface area (Å²) in [6, 6.07) is 0. The van der Waals surface area contributed by atoms with E-state index in [2.05, 4.69) is 0 Å². The van der Waals surface area contributed by atoms with Crippen molar-refractivity contribution in [2.75, 3.05) is 13.7 Å². The van der Waals surface area contributed by atoms with E-state index in [1.807, 2.05) is 20.8 Å². The molecule has 1 aliphatic rings. The summed E-state index contributed by atoms with van der Waals surface area (Å²) in [5.41, 5.74) is 0. The summed E-state index contributed by atoms with van der Waals surface area (Å²) < 4.78 is 16.3. The van der Waals surface area contributed by atoms with Crippen molar-refractivity contribution in [1.82, 2.24) is 0 Å². The Bertz CT molecular complexity index is 174. The van der Waals surface area contributed by atoms with Crippen LogP contribution in [0.3, 0.4) is 0 Å². The zero-order valence-electron chi connectivity index (χ0n) is 9.27. The average Bonchev–Trinajstić information content (AvgIpc) is 2.14. The molecule has 4 heteroatoms. The number of aliphatic hydroxyl groups is 1. The molecule has 0 amide bonds. The van der Waals surface area contributed by atoms with Crippen molar-refractivity contribution in [2.45, 2.75) is 51.3 Å². The lowest BCUT2D eigenvalue weighted by Gasteiger charge is -2.41. The van der Waals surface area contributed by atoms with Gasteiger partial charge < -0.3 is 19.3 Å². The van der Waals surface area contributed by atoms with Gasteiger partial charge in [-0.15, -0.1) is 0 Å². The quantitative estimate of drug-likeness (QED) is 0.730. The Hall–Kier alpha value is -0.160. The SMILES string of the molecule is CCO[C@@H]1[C@@H](O)[C@H](C)O[C@@H](C)[C@@H]1OC. The Morgan fingerprint density at radius 3 is 2.36 bits per heavy atom. The number of hydrogen-bond donors (Lipinski definition) is 1. The van der Waals surface area contributed by atoms with Crippen molar-refractivity contribution < 1.29 is 19.3 Å². The summed E-state index contributed by atoms with van der Waals surface area (Å²) >= 11 is 0. The minimum absolute atomic E-state index is 0.0463. The molecular weight excluding hydrogens is 184 g/mol. The molecule has 1 heterocycles. The van der Waals surface area contributed by atoms with Gasteiger partial charge in [0, 0.05) is 13.7 Å². The summed E-state index contributed by atoms with van der Waals surface area (Å²) in [6.45, 7) is 6.26. The molecule has 0 aromatic heterocycles. The Labute approximate surface area is 85.2 Å². The van der Waals surface area contributed by atoms with E-state index < -0.39 is 6.10 Å². The van der Waals surface area contributed by atoms with Crippen LogP contribution in [0, 0.1) is 0 Å². The van der Waals surface area contributed by atoms with Gasteiger partial charge in [-0.05, 0) is 20.8 Å². The first kappa shape index (κ1) is 11.9. The van der Waals surface area contributed by atoms with Gasteiger partial charge in [0.2, 0.25) is 0 Å². The molecule has 0 radical (unpaired) electrons. The first-order valence-corrected chi connectivity index (χ1v) is 5.09. The fraction of sp³-hybridized carbons (Fsp3) is 1.00. The van der Waals surface area contributed by atoms with E-state index in [0.29, 0.717) is 6.61 Å². The summed E-state index contributed by atoms with van der Waals surface area (Å²) in [6.07, 6.45) is -1.34. The molecule has 1 saturated heterocycles. The highest BCUT2D eigenvalue weighted by Crippen LogP contribution is 2.24. The van der Waals surface area contributed by atoms with Gasteiger partial charge in [0.1, 0.15) is 18.3 Å². The summed E-state index contributed by atoms with van der Waals surface area (Å²) in [5.74, 6) is 0. The van der Waals surface area contributed by atoms with Crippen molar-refractivity contribution in [3.63, 3.8) is 0 Å². The normalized spacial score (nSPS) is 43.9. The minimum atomic E-state index is -0.615. The van der Waals surface area contributed by atoms with Crippen LogP contribution in [-0.2, 0) is 14.2 Å². The lowest BCUT2D eigenvalue weighted by Crippen LogP contribution is -2.57. The smallest absolute Gasteiger partial charge is 0.114 e. The lowest BCUT2D eigenvalue weighted by molar-refractivity contribution is -0.232. The molecule has 4 nitrogen and oxygen atoms in total. The van der Waals surface area contributed by atoms with Gasteiger partial charge in [0.05, 0.1) is 12.2 Å². The van der Waals surface area contributed by atoms with Gasteiger partial charge in [-0.2, -0.15) is 0 Å². The number of aliphatic hydroxyl groups excluding tert-OH is 1. The number of ether oxygens (including phenoxy) is 3. The second-order valence-corrected chi connectivity index (χ2v) is 3.66. The molecule has 1 N–H and O–H groups in total. The second-order valence-electron chi connectivity index (χ2n) is 3.66. The molecular formula is C10H20O4. The van der Waals surface area contributed by atoms with Crippen LogP contribution in [-0.4, -0.2) is 49.3 Å². The molecule has 0 bridgehead atoms. The first-order chi connectivity index (χ1) is 6.61. The molecule has 0 aromatic rings. The fourth-order valence-electron chi connectivity index (χ4n) is 1.94. The molecule has 1 fully saturated rings. The van der Waals surface area contributed by atoms with E-state index in [1.54, 1.807) is 7.11 Å². The summed E-state index contributed by atoms with van der Waals surface area (Å²) in [5, 5.41) is 9.86. The molecule has 84 valence electrons. The topological polar surface area (TPSA) is 47.9 Å². The van der Waals surface area contributed by atoms with Crippen molar-refractivity contribution >= 4 is 0 Å². The van der Waals surface area contributed by atoms with Gasteiger partial charge in [-0.3, -0.25) is 0 Å². The third-order valence-corrected chi connectivity index (χ3v) is 2.66. The first-order valence-electron chi connectivity index (χ1n) is 5.09. The van der Waals surface area contributed by atoms with Gasteiger partial charge in [-0.25, -0.2) is 0 Å². The van der Waals surface area contributed by atoms with Crippen LogP contribution >= 0.6 is 0 Å². The van der Waals surface area contributed by atoms with Gasteiger partial charge in [-0.1, -0.05) is 0 Å². The van der Waals surface area contributed by atoms with Gasteiger partial charge >= 0.3 is 0 Å². The highest BCUT2D eigenvalue weighted by molar-refractivity contribution is 4.90. The molecule has 1 rings (SSSR count). The average molecular weight is 204 g/mol. The Morgan fingerprint density at radius 1 is 1.21 bits per heavy atom. The molecule has 0 aromatic carbocycles. The number of methoxy groups -OCH3 is 1. The van der Waals surface area contributed by atoms with Crippen molar-refractivity contribution in [2.24, 2.45) is 0 Å². The Morgan fingerprint density at radius 2 is 1.86 bits per heavy atom. The number of rotatable bonds is 3. The van der Waals surface area contributed by atoms with Gasteiger partial charge in [0.25, 0.3) is 0 Å². The molecule has 1 aliphatic heterocycles. The minimum Gasteiger partial charge on any atom is -0.388 e. The van der Waals surface area contributed by atoms with E-state index in [9.17, 15) is 5.11 Å². The lowest BCUT2D eigenvalue weighted by atomic mass is 9.96. The van der Waals surface area contributed by atoms with Gasteiger partial charge in [0.15, 0.2) is 0 Å². The van der Waals surface area contributed by atoms with E-state index in [-0.39, 0.29) is 24.4 Å². The maximum Gasteiger partial charge on any atom is 0.114 e. The zero-order chi connectivity index (χ0) is 10.7. The van der Waals surface area contributed by atoms with Crippen LogP contribution < -0.4 is 0 Å². The maximum absolute atomic E-state index is 9.86. The van der Waals surface area contributed by atoms with Crippen molar-refractivity contribution in [3.05, 3.63) is 0 Å². The largest absolute Gasteiger partial charge is 0.388 e. The molecule has 0 spiro atoms. The molecule has 0 saturated carbocycles. The fourth-order valence-corrected chi connectivity index (χ4v) is 1.94. The predicted molar refractivity (Wildman–Crippen MR) is 52.2 cm³/mol. The Kier molecular flexibility index (Phi) is 4.31. The highest BCUT2D eigenvalue weighted by Gasteiger charge is 2.42. The Balaban J connectivity index is 2.70. The monoisotopic (exact) mass is 204 g/mol. The van der Waals surface area contributed by atoms with Crippen LogP contribution in [0.15, 0.2) is 0 Å². The van der Waals surface area contributed by atoms with Crippen LogP contribution in [0.2, 0.25) is 0 Å². The molecule has 14 heavy (non-hydrogen) atoms. The summed E-state index contributed by atoms with van der Waals surface area (Å²) in [7, 11) is 1.61. The van der Waals surface area contributed by atoms with Crippen LogP contribution in [0.25, 0.3) is 0 Å². The molecule has 0 unspecified atom stereocenters. The van der Waals surface area contributed by atoms with Crippen LogP contribution in [0.5, 0.6) is 0 Å². The second kappa shape index (κ2) is 5.07. The summed E-state index contributed by atoms with van der Waals surface area (Å²) in [4.78, 5) is 0. The van der Waals surface area contributed by atoms with Crippen molar-refractivity contribution in [1.29, 1.82) is 0 Å². The van der Waals surface area contributed by atoms with Crippen molar-refractivity contribution in [3.8, 4) is 0 Å². The number of hydrogen-bond acceptors (Lipinski definition) is 4. The third kappa shape index (κ3) is 2.25. The standard InChI is InChI=1S/C10H20O4/c1-5-13-10-8(11)6(2)14-7(3)9(10)12-4/h6-11H,5H2,1-4H3/t6-,7-,8-,9-,10+/m0/s1. The highest BCUT2D eigenvalue weighted by atomic mass is 16.6. The van der Waals surface area contributed by atoms with Crippen LogP contribution in [0.4, 0.5) is 0 Å². The van der Waals surface area contributed by atoms with E-state index >= 15 is 0 Å². The van der Waals surface area contributed by atoms with E-state index in [1.165, 1.54) is 0 Å². The van der Waals surface area contributed by atoms with E-state index in [4.69, 9.17) is 14.2 Å². The third-order valence-electron chi connectivity index (χ3n) is 2.66. The molecule has 0 aliphatic carbocycles.